The molecule has 1 atom stereocenters. The molecule has 2 N–H and O–H groups in total. The molecule has 22 heavy (non-hydrogen) atoms. The predicted molar refractivity (Wildman–Crippen MR) is 79.5 cm³/mol. The zero-order chi connectivity index (χ0) is 15.9. The van der Waals surface area contributed by atoms with Crippen molar-refractivity contribution in [3.8, 4) is 5.75 Å². The van der Waals surface area contributed by atoms with Crippen LogP contribution in [0.5, 0.6) is 5.75 Å². The normalized spacial score (nSPS) is 22.8. The minimum Gasteiger partial charge on any atom is -0.489 e. The summed E-state index contributed by atoms with van der Waals surface area (Å²) >= 11 is 6.02. The fourth-order valence-corrected chi connectivity index (χ4v) is 2.54. The quantitative estimate of drug-likeness (QED) is 0.891. The van der Waals surface area contributed by atoms with Gasteiger partial charge in [-0.3, -0.25) is 4.79 Å². The fraction of sp³-hybridized carbons (Fsp3) is 0.467. The molecular formula is C15H16ClFN2O3. The number of aliphatic hydroxyl groups is 1. The molecule has 2 aliphatic rings. The monoisotopic (exact) mass is 326 g/mol. The number of amides is 1. The topological polar surface area (TPSA) is 70.9 Å². The highest BCUT2D eigenvalue weighted by molar-refractivity contribution is 6.32. The average Bonchev–Trinajstić information content (AvgIpc) is 3.20. The first-order valence-corrected chi connectivity index (χ1v) is 7.47. The minimum absolute atomic E-state index is 0.0961. The number of carbonyl (C=O) groups excluding carboxylic acids is 1. The summed E-state index contributed by atoms with van der Waals surface area (Å²) in [7, 11) is 0. The van der Waals surface area contributed by atoms with Crippen LogP contribution in [0.15, 0.2) is 17.2 Å². The molecule has 1 aliphatic heterocycles. The Hall–Kier alpha value is -1.66. The van der Waals surface area contributed by atoms with Crippen LogP contribution in [0.25, 0.3) is 0 Å². The lowest BCUT2D eigenvalue weighted by molar-refractivity contribution is -0.121. The van der Waals surface area contributed by atoms with Gasteiger partial charge in [0, 0.05) is 17.9 Å². The maximum absolute atomic E-state index is 14.5. The largest absolute Gasteiger partial charge is 0.489 e. The van der Waals surface area contributed by atoms with E-state index in [2.05, 4.69) is 10.5 Å². The summed E-state index contributed by atoms with van der Waals surface area (Å²) in [5.41, 5.74) is 2.25. The van der Waals surface area contributed by atoms with Gasteiger partial charge in [0.15, 0.2) is 5.82 Å². The van der Waals surface area contributed by atoms with Crippen molar-refractivity contribution in [1.29, 1.82) is 0 Å². The van der Waals surface area contributed by atoms with Gasteiger partial charge in [0.25, 0.3) is 0 Å². The van der Waals surface area contributed by atoms with Gasteiger partial charge in [0.1, 0.15) is 17.4 Å². The summed E-state index contributed by atoms with van der Waals surface area (Å²) in [4.78, 5) is 11.3. The molecule has 0 spiro atoms. The van der Waals surface area contributed by atoms with Gasteiger partial charge in [-0.25, -0.2) is 9.82 Å². The van der Waals surface area contributed by atoms with Crippen molar-refractivity contribution in [2.45, 2.75) is 31.8 Å². The Morgan fingerprint density at radius 3 is 2.91 bits per heavy atom. The van der Waals surface area contributed by atoms with Crippen molar-refractivity contribution >= 4 is 23.2 Å². The lowest BCUT2D eigenvalue weighted by atomic mass is 9.94. The second-order valence-electron chi connectivity index (χ2n) is 5.89. The van der Waals surface area contributed by atoms with Gasteiger partial charge >= 0.3 is 0 Å². The summed E-state index contributed by atoms with van der Waals surface area (Å²) < 4.78 is 19.9. The third-order valence-electron chi connectivity index (χ3n) is 3.91. The summed E-state index contributed by atoms with van der Waals surface area (Å²) in [5.74, 6) is -0.835. The predicted octanol–water partition coefficient (Wildman–Crippen LogP) is 2.24. The number of benzene rings is 1. The second kappa shape index (κ2) is 5.52. The summed E-state index contributed by atoms with van der Waals surface area (Å²) in [5, 5.41) is 13.5. The van der Waals surface area contributed by atoms with Crippen molar-refractivity contribution in [2.24, 2.45) is 11.0 Å². The van der Waals surface area contributed by atoms with E-state index >= 15 is 0 Å². The average molecular weight is 327 g/mol. The molecule has 1 aromatic carbocycles. The number of nitrogens with one attached hydrogen (secondary N) is 1. The molecule has 1 amide bonds. The summed E-state index contributed by atoms with van der Waals surface area (Å²) in [6.07, 6.45) is 1.61. The second-order valence-corrected chi connectivity index (χ2v) is 6.27. The molecule has 5 nitrogen and oxygen atoms in total. The molecule has 1 aromatic rings. The standard InChI is InChI=1S/C15H16ClFN2O3/c1-8-6-11(20)18-19-14(8)9-2-3-10(12(16)13(9)17)22-7-15(21)4-5-15/h2-3,8,21H,4-7H2,1H3,(H,18,20). The molecule has 0 aromatic heterocycles. The number of ether oxygens (including phenoxy) is 1. The van der Waals surface area contributed by atoms with Gasteiger partial charge in [-0.15, -0.1) is 0 Å². The molecule has 1 unspecified atom stereocenters. The highest BCUT2D eigenvalue weighted by atomic mass is 35.5. The van der Waals surface area contributed by atoms with Crippen molar-refractivity contribution in [3.63, 3.8) is 0 Å². The molecule has 1 aliphatic carbocycles. The number of rotatable bonds is 4. The van der Waals surface area contributed by atoms with Crippen LogP contribution in [0.1, 0.15) is 31.7 Å². The summed E-state index contributed by atoms with van der Waals surface area (Å²) in [6.45, 7) is 1.90. The van der Waals surface area contributed by atoms with Crippen LogP contribution in [0.2, 0.25) is 5.02 Å². The first kappa shape index (κ1) is 15.2. The van der Waals surface area contributed by atoms with Gasteiger partial charge in [-0.1, -0.05) is 18.5 Å². The number of hydrazone groups is 1. The SMILES string of the molecule is CC1CC(=O)NN=C1c1ccc(OCC2(O)CC2)c(Cl)c1F. The van der Waals surface area contributed by atoms with Crippen LogP contribution >= 0.6 is 11.6 Å². The Kier molecular flexibility index (Phi) is 3.82. The zero-order valence-corrected chi connectivity index (χ0v) is 12.8. The van der Waals surface area contributed by atoms with E-state index in [1.165, 1.54) is 6.07 Å². The smallest absolute Gasteiger partial charge is 0.240 e. The van der Waals surface area contributed by atoms with E-state index in [4.69, 9.17) is 16.3 Å². The number of hydrogen-bond donors (Lipinski definition) is 2. The Morgan fingerprint density at radius 2 is 2.27 bits per heavy atom. The molecule has 0 saturated heterocycles. The Labute approximate surface area is 132 Å². The van der Waals surface area contributed by atoms with Crippen LogP contribution in [0.4, 0.5) is 4.39 Å². The van der Waals surface area contributed by atoms with E-state index < -0.39 is 11.4 Å². The first-order chi connectivity index (χ1) is 10.4. The van der Waals surface area contributed by atoms with E-state index in [0.29, 0.717) is 18.6 Å². The Balaban J connectivity index is 1.84. The molecule has 1 fully saturated rings. The van der Waals surface area contributed by atoms with E-state index in [9.17, 15) is 14.3 Å². The van der Waals surface area contributed by atoms with Crippen molar-refractivity contribution in [3.05, 3.63) is 28.5 Å². The van der Waals surface area contributed by atoms with E-state index in [1.54, 1.807) is 13.0 Å². The molecule has 7 heteroatoms. The van der Waals surface area contributed by atoms with Gasteiger partial charge in [-0.05, 0) is 25.0 Å². The maximum atomic E-state index is 14.5. The van der Waals surface area contributed by atoms with Crippen LogP contribution in [0, 0.1) is 11.7 Å². The maximum Gasteiger partial charge on any atom is 0.240 e. The number of halogens is 2. The number of hydrogen-bond acceptors (Lipinski definition) is 4. The summed E-state index contributed by atoms with van der Waals surface area (Å²) in [6, 6.07) is 3.08. The van der Waals surface area contributed by atoms with Crippen molar-refractivity contribution in [1.82, 2.24) is 5.43 Å². The van der Waals surface area contributed by atoms with Crippen LogP contribution in [-0.4, -0.2) is 28.9 Å². The molecule has 1 heterocycles. The Morgan fingerprint density at radius 1 is 1.55 bits per heavy atom. The van der Waals surface area contributed by atoms with Gasteiger partial charge in [-0.2, -0.15) is 5.10 Å². The van der Waals surface area contributed by atoms with Crippen molar-refractivity contribution < 1.29 is 19.0 Å². The molecule has 118 valence electrons. The molecule has 3 rings (SSSR count). The van der Waals surface area contributed by atoms with Crippen LogP contribution in [-0.2, 0) is 4.79 Å². The fourth-order valence-electron chi connectivity index (χ4n) is 2.32. The molecule has 0 bridgehead atoms. The lowest BCUT2D eigenvalue weighted by Crippen LogP contribution is -2.32. The highest BCUT2D eigenvalue weighted by Gasteiger charge is 2.41. The highest BCUT2D eigenvalue weighted by Crippen LogP contribution is 2.37. The number of nitrogens with zero attached hydrogens (tertiary/aromatic N) is 1. The third-order valence-corrected chi connectivity index (χ3v) is 4.26. The van der Waals surface area contributed by atoms with E-state index in [0.717, 1.165) is 0 Å². The van der Waals surface area contributed by atoms with Gasteiger partial charge in [0.05, 0.1) is 11.3 Å². The molecule has 0 radical (unpaired) electrons. The first-order valence-electron chi connectivity index (χ1n) is 7.09. The lowest BCUT2D eigenvalue weighted by Gasteiger charge is -2.20. The minimum atomic E-state index is -0.801. The number of carbonyl (C=O) groups is 1. The van der Waals surface area contributed by atoms with Crippen LogP contribution in [0.3, 0.4) is 0 Å². The van der Waals surface area contributed by atoms with Crippen LogP contribution < -0.4 is 10.2 Å². The third kappa shape index (κ3) is 2.94. The zero-order valence-electron chi connectivity index (χ0n) is 12.0. The van der Waals surface area contributed by atoms with Gasteiger partial charge < -0.3 is 9.84 Å². The molecule has 1 saturated carbocycles. The Bertz CT molecular complexity index is 658. The van der Waals surface area contributed by atoms with E-state index in [1.807, 2.05) is 0 Å². The van der Waals surface area contributed by atoms with Gasteiger partial charge in [0.2, 0.25) is 5.91 Å². The van der Waals surface area contributed by atoms with Crippen molar-refractivity contribution in [2.75, 3.05) is 6.61 Å². The molecular weight excluding hydrogens is 311 g/mol. The van der Waals surface area contributed by atoms with E-state index in [-0.39, 0.29) is 41.2 Å².